The summed E-state index contributed by atoms with van der Waals surface area (Å²) < 4.78 is 12.4. The molecular weight excluding hydrogens is 2070 g/mol. The van der Waals surface area contributed by atoms with Crippen molar-refractivity contribution in [2.45, 2.75) is 245 Å². The third-order valence-corrected chi connectivity index (χ3v) is 29.3. The number of alkyl halides is 1. The van der Waals surface area contributed by atoms with Crippen LogP contribution in [-0.2, 0) is 36.4 Å². The van der Waals surface area contributed by atoms with Crippen LogP contribution in [0.1, 0.15) is 241 Å². The number of pyridine rings is 2. The maximum atomic E-state index is 12.3. The maximum absolute atomic E-state index is 12.3. The number of carbonyl (C=O) groups is 2. The fraction of sp³-hybridized carbons (Fsp3) is 0.407. The second-order valence-corrected chi connectivity index (χ2v) is 40.1. The molecule has 27 heteroatoms. The van der Waals surface area contributed by atoms with Gasteiger partial charge in [-0.15, -0.1) is 0 Å². The van der Waals surface area contributed by atoms with Crippen LogP contribution in [-0.4, -0.2) is 158 Å². The first-order valence-corrected chi connectivity index (χ1v) is 54.5. The zero-order valence-corrected chi connectivity index (χ0v) is 90.7. The standard InChI is InChI=1S/C30H34N6O.C24H29N3O.C24H29N3.C19H19N3O.C6H8N2.C5H8O.C3H7I.C3H8.C2H4I.CH4O.CH4.2H2O.V/c37-30(32-21-22-6-5-17-31-20-22)33-24-13-11-23(12-14-24)29-27-9-3-4-10-28(27)36(34-29)26-15-18-35(19-16-26)25-7-1-2-8-25;28-25-19-9-11-21(12-10-19)27-17-23(22-7-3-4-8-24(22)27)18-13-15-26(16-14-18)20-5-1-2-6-20;25-19-9-11-21(12-10-19)27-17-23(22-7-3-4-8-24(22)27)18-13-15-26(16-14-18)20-5-1-2-6-20;23-21-15-5-7-16(8-6-15)22-13-18(14-9-11-20-12-10-14)17-3-1-2-4-19(17)22;7-4-6-2-1-3-8-5-6;6-5-3-1-2-4-5;1-2-3-4;1-3-2;1-2-3;1-2;;;;/h3-6,9-14,17,20,25-26H,1-2,7-8,15-16,18-19,21H2,(H2,32,33,37);3-4,7-12,17-18,20H,1-2,5-6,13-16,25H2;3-4,7-12,17-18,20H,1-2,5-6,13-16,25H2;1-9,13,20H,10-12,21H2;1-3,5H,4,7H2;1-4H2;2-3H2,1H3;3H2,1-2H3;2H,1H3;2H,1H3;1H4;2*1H2;/q;;;;;;;;-1;;;;;. The zero-order valence-electron chi connectivity index (χ0n) is 85.0. The molecule has 0 atom stereocenters. The molecule has 0 spiro atoms. The number of hydrogen-bond acceptors (Lipinski definition) is 14. The van der Waals surface area contributed by atoms with E-state index < -0.39 is 0 Å². The Bertz CT molecular complexity index is 6050. The van der Waals surface area contributed by atoms with Gasteiger partial charge < -0.3 is 116 Å². The Labute approximate surface area is 899 Å². The average Bonchev–Trinajstić information content (AvgIpc) is 1.65. The van der Waals surface area contributed by atoms with Crippen LogP contribution in [0.25, 0.3) is 77.5 Å². The molecule has 6 aromatic heterocycles. The van der Waals surface area contributed by atoms with Crippen LogP contribution in [0.5, 0.6) is 0 Å². The smallest absolute Gasteiger partial charge is 0.319 e. The van der Waals surface area contributed by atoms with Crippen LogP contribution < -0.4 is 38.4 Å². The molecule has 24 nitrogen and oxygen atoms in total. The normalized spacial score (nSPS) is 16.2. The quantitative estimate of drug-likeness (QED) is 0.0130. The second-order valence-electron chi connectivity index (χ2n) is 37.8. The fourth-order valence-corrected chi connectivity index (χ4v) is 21.0. The Morgan fingerprint density at radius 1 is 0.510 bits per heavy atom. The summed E-state index contributed by atoms with van der Waals surface area (Å²) in [6.45, 7) is 18.7. The number of nitrogens with zero attached hydrogens (tertiary/aromatic N) is 10. The summed E-state index contributed by atoms with van der Waals surface area (Å²) in [5, 5.41) is 48.4. The molecule has 3 saturated heterocycles. The molecule has 16 N–H and O–H groups in total. The number of nitrogen functional groups attached to an aromatic ring is 1. The minimum atomic E-state index is -0.240. The molecule has 10 heterocycles. The number of Topliss-reactive ketones (excluding diaryl/α,β-unsaturated/α-hetero) is 1. The van der Waals surface area contributed by atoms with Crippen molar-refractivity contribution >= 4 is 129 Å². The van der Waals surface area contributed by atoms with Crippen molar-refractivity contribution in [2.75, 3.05) is 74.9 Å². The first-order valence-electron chi connectivity index (χ1n) is 51.7. The summed E-state index contributed by atoms with van der Waals surface area (Å²) in [7, 11) is 1.00. The van der Waals surface area contributed by atoms with E-state index in [1.165, 1.54) is 231 Å². The van der Waals surface area contributed by atoms with E-state index in [4.69, 9.17) is 21.7 Å². The van der Waals surface area contributed by atoms with E-state index in [0.717, 1.165) is 145 Å². The minimum absolute atomic E-state index is 0. The van der Waals surface area contributed by atoms with E-state index in [9.17, 15) is 20.0 Å². The number of urea groups is 1. The van der Waals surface area contributed by atoms with Crippen molar-refractivity contribution in [3.05, 3.63) is 311 Å². The van der Waals surface area contributed by atoms with Gasteiger partial charge in [0.25, 0.3) is 0 Å². The number of nitrogens with two attached hydrogens (primary N) is 4. The van der Waals surface area contributed by atoms with E-state index in [1.54, 1.807) is 24.8 Å². The third-order valence-electron chi connectivity index (χ3n) is 28.2. The largest absolute Gasteiger partial charge is 0.630 e. The van der Waals surface area contributed by atoms with E-state index in [1.807, 2.05) is 121 Å². The molecule has 8 aliphatic rings. The monoisotopic (exact) mass is 2230 g/mol. The average molecular weight is 2230 g/mol. The minimum Gasteiger partial charge on any atom is -0.630 e. The number of ketones is 1. The number of anilines is 2. The molecule has 777 valence electrons. The Kier molecular flexibility index (Phi) is 52.2. The number of quaternary nitrogens is 2. The molecule has 4 saturated carbocycles. The van der Waals surface area contributed by atoms with Gasteiger partial charge in [-0.1, -0.05) is 199 Å². The maximum Gasteiger partial charge on any atom is 0.319 e. The van der Waals surface area contributed by atoms with E-state index >= 15 is 0 Å². The van der Waals surface area contributed by atoms with E-state index in [2.05, 4.69) is 259 Å². The number of aliphatic hydroxyl groups excluding tert-OH is 1. The number of likely N-dealkylation sites (tertiary alicyclic amines) is 3. The number of amides is 2. The van der Waals surface area contributed by atoms with E-state index in [-0.39, 0.29) is 43.0 Å². The molecule has 7 fully saturated rings. The molecule has 145 heavy (non-hydrogen) atoms. The SMILES string of the molecule is C.CCC.CCCI.CO.C[CH-]I.NCc1cccnc1.Nc1ccc(-n2cc(C3CCN(C4CCCC4)CC3)c3ccccc32)cc1.O.O.O=C(NCc1cccnc1)Nc1ccc(-c2nn(C3CCN(C4CCCC4)CC3)c3ccccc23)cc1.O=C1CCCC1.[O-][NH2+]c1ccc(-n2cc(C3=CCNCC3)c3ccccc32)cc1.[O-][NH2+]c1ccc(-n2cc(C3CCN(C4CCCC4)CC3)c3ccccc32)cc1.[V]. The molecule has 0 bridgehead atoms. The number of halogens is 2. The van der Waals surface area contributed by atoms with Crippen molar-refractivity contribution in [1.29, 1.82) is 0 Å². The molecule has 14 aromatic rings. The third kappa shape index (κ3) is 33.6. The molecule has 4 aliphatic heterocycles. The van der Waals surface area contributed by atoms with Gasteiger partial charge in [-0.25, -0.2) is 4.79 Å². The number of carbonyl (C=O) groups excluding carboxylic acids is 2. The van der Waals surface area contributed by atoms with Crippen molar-refractivity contribution in [3.63, 3.8) is 0 Å². The van der Waals surface area contributed by atoms with Gasteiger partial charge in [-0.2, -0.15) is 12.0 Å². The van der Waals surface area contributed by atoms with Crippen LogP contribution in [0.2, 0.25) is 0 Å². The molecule has 0 unspecified atom stereocenters. The molecule has 1 radical (unpaired) electrons. The van der Waals surface area contributed by atoms with Crippen molar-refractivity contribution in [1.82, 2.24) is 58.8 Å². The number of rotatable bonds is 18. The Balaban J connectivity index is 0.000000198. The fourth-order valence-electron chi connectivity index (χ4n) is 21.0. The van der Waals surface area contributed by atoms with Gasteiger partial charge in [0.15, 0.2) is 0 Å². The number of benzene rings is 8. The molecule has 4 aliphatic carbocycles. The Morgan fingerprint density at radius 3 is 1.30 bits per heavy atom. The first kappa shape index (κ1) is 119. The van der Waals surface area contributed by atoms with E-state index in [0.29, 0.717) is 42.4 Å². The number of piperidine rings is 3. The number of fused-ring (bicyclic) bond motifs is 4. The summed E-state index contributed by atoms with van der Waals surface area (Å²) in [5.74, 6) is 1.76. The van der Waals surface area contributed by atoms with Gasteiger partial charge in [-0.05, 0) is 277 Å². The predicted octanol–water partition coefficient (Wildman–Crippen LogP) is 23.6. The number of para-hydroxylation sites is 4. The number of aliphatic hydroxyl groups is 1. The van der Waals surface area contributed by atoms with Gasteiger partial charge in [0.05, 0.1) is 28.1 Å². The summed E-state index contributed by atoms with van der Waals surface area (Å²) >= 11 is 4.51. The molecule has 2 amide bonds. The zero-order chi connectivity index (χ0) is 98.9. The molecular formula is C118H158I2N17O7V-. The van der Waals surface area contributed by atoms with Gasteiger partial charge >= 0.3 is 6.03 Å². The van der Waals surface area contributed by atoms with Crippen molar-refractivity contribution < 1.29 is 55.2 Å². The summed E-state index contributed by atoms with van der Waals surface area (Å²) in [5.41, 5.74) is 34.1. The summed E-state index contributed by atoms with van der Waals surface area (Å²) in [6, 6.07) is 76.7. The predicted molar refractivity (Wildman–Crippen MR) is 615 cm³/mol. The van der Waals surface area contributed by atoms with Gasteiger partial charge in [0.1, 0.15) is 22.9 Å². The van der Waals surface area contributed by atoms with Gasteiger partial charge in [-0.3, -0.25) is 23.9 Å². The molecule has 8 aromatic carbocycles. The Hall–Kier alpha value is -9.81. The summed E-state index contributed by atoms with van der Waals surface area (Å²) in [4.78, 5) is 38.8. The van der Waals surface area contributed by atoms with Crippen LogP contribution in [0.15, 0.2) is 268 Å². The number of hydrogen-bond donors (Lipinski definition) is 8. The van der Waals surface area contributed by atoms with Crippen LogP contribution >= 0.6 is 45.2 Å². The first-order chi connectivity index (χ1) is 69.3. The van der Waals surface area contributed by atoms with Crippen LogP contribution in [0, 0.1) is 14.8 Å². The van der Waals surface area contributed by atoms with Crippen molar-refractivity contribution in [3.8, 4) is 28.3 Å². The second kappa shape index (κ2) is 63.8. The van der Waals surface area contributed by atoms with Crippen LogP contribution in [0.3, 0.4) is 0 Å². The van der Waals surface area contributed by atoms with Gasteiger partial charge in [0, 0.05) is 218 Å². The molecule has 22 rings (SSSR count). The summed E-state index contributed by atoms with van der Waals surface area (Å²) in [6.07, 6.45) is 48.0. The number of nitrogens with one attached hydrogen (secondary N) is 3. The van der Waals surface area contributed by atoms with Gasteiger partial charge in [0.2, 0.25) is 0 Å². The van der Waals surface area contributed by atoms with Crippen molar-refractivity contribution in [2.24, 2.45) is 5.73 Å². The number of aromatic nitrogens is 7. The Morgan fingerprint density at radius 2 is 0.910 bits per heavy atom. The topological polar surface area (TPSA) is 353 Å². The van der Waals surface area contributed by atoms with Crippen LogP contribution in [0.4, 0.5) is 27.5 Å².